The number of nitrogens with one attached hydrogen (secondary N) is 2. The molecule has 0 aliphatic rings. The molecule has 0 aliphatic heterocycles. The van der Waals surface area contributed by atoms with Crippen LogP contribution >= 0.6 is 22.9 Å². The van der Waals surface area contributed by atoms with E-state index in [2.05, 4.69) is 20.6 Å². The van der Waals surface area contributed by atoms with E-state index in [9.17, 15) is 4.79 Å². The number of aryl methyl sites for hydroxylation is 2. The Labute approximate surface area is 156 Å². The second-order valence-corrected chi connectivity index (χ2v) is 6.90. The maximum Gasteiger partial charge on any atom is 0.263 e. The zero-order valence-corrected chi connectivity index (χ0v) is 16.4. The Bertz CT molecular complexity index is 754. The normalized spacial score (nSPS) is 11.5. The van der Waals surface area contributed by atoms with Gasteiger partial charge in [-0.1, -0.05) is 11.6 Å². The van der Waals surface area contributed by atoms with Crippen LogP contribution in [0.15, 0.2) is 22.8 Å². The van der Waals surface area contributed by atoms with Gasteiger partial charge in [0.2, 0.25) is 0 Å². The fourth-order valence-electron chi connectivity index (χ4n) is 2.38. The van der Waals surface area contributed by atoms with Crippen LogP contribution in [0, 0.1) is 6.92 Å². The Hall–Kier alpha value is -2.06. The molecular weight excluding hydrogens is 360 g/mol. The SMILES string of the molecule is CN=C(NCCNC(=O)c1scnc1C)N(C)Cc1cc(Cl)cn1C. The molecule has 0 radical (unpaired) electrons. The Kier molecular flexibility index (Phi) is 6.83. The van der Waals surface area contributed by atoms with Crippen molar-refractivity contribution in [1.29, 1.82) is 0 Å². The van der Waals surface area contributed by atoms with E-state index in [1.54, 1.807) is 12.6 Å². The van der Waals surface area contributed by atoms with Gasteiger partial charge in [0.1, 0.15) is 4.88 Å². The lowest BCUT2D eigenvalue weighted by Crippen LogP contribution is -2.42. The lowest BCUT2D eigenvalue weighted by molar-refractivity contribution is 0.0957. The van der Waals surface area contributed by atoms with E-state index in [0.29, 0.717) is 24.5 Å². The fraction of sp³-hybridized carbons (Fsp3) is 0.438. The van der Waals surface area contributed by atoms with Crippen LogP contribution in [0.4, 0.5) is 0 Å². The zero-order valence-electron chi connectivity index (χ0n) is 14.8. The van der Waals surface area contributed by atoms with E-state index < -0.39 is 0 Å². The molecule has 2 aromatic rings. The number of aliphatic imine (C=N–C) groups is 1. The molecule has 2 rings (SSSR count). The summed E-state index contributed by atoms with van der Waals surface area (Å²) in [7, 11) is 5.65. The summed E-state index contributed by atoms with van der Waals surface area (Å²) in [6, 6.07) is 1.93. The number of halogens is 1. The van der Waals surface area contributed by atoms with Crippen LogP contribution < -0.4 is 10.6 Å². The molecule has 2 aromatic heterocycles. The van der Waals surface area contributed by atoms with Crippen LogP contribution in [0.2, 0.25) is 5.02 Å². The predicted octanol–water partition coefficient (Wildman–Crippen LogP) is 1.88. The van der Waals surface area contributed by atoms with E-state index in [0.717, 1.165) is 22.4 Å². The van der Waals surface area contributed by atoms with Crippen LogP contribution in [-0.2, 0) is 13.6 Å². The van der Waals surface area contributed by atoms with Gasteiger partial charge in [-0.2, -0.15) is 0 Å². The smallest absolute Gasteiger partial charge is 0.263 e. The highest BCUT2D eigenvalue weighted by Gasteiger charge is 2.12. The van der Waals surface area contributed by atoms with Gasteiger partial charge in [-0.3, -0.25) is 9.79 Å². The quantitative estimate of drug-likeness (QED) is 0.454. The van der Waals surface area contributed by atoms with Crippen molar-refractivity contribution >= 4 is 34.8 Å². The van der Waals surface area contributed by atoms with Gasteiger partial charge in [0, 0.05) is 46.1 Å². The van der Waals surface area contributed by atoms with Gasteiger partial charge < -0.3 is 20.1 Å². The molecule has 0 unspecified atom stereocenters. The van der Waals surface area contributed by atoms with Gasteiger partial charge in [-0.15, -0.1) is 11.3 Å². The lowest BCUT2D eigenvalue weighted by Gasteiger charge is -2.22. The standard InChI is InChI=1S/C16H23ClN6OS/c1-11-14(25-10-21-11)15(24)19-5-6-20-16(18-2)23(4)9-13-7-12(17)8-22(13)3/h7-8,10H,5-6,9H2,1-4H3,(H,18,20)(H,19,24). The first-order chi connectivity index (χ1) is 11.9. The number of amides is 1. The summed E-state index contributed by atoms with van der Waals surface area (Å²) in [6.07, 6.45) is 1.87. The first kappa shape index (κ1) is 19.3. The summed E-state index contributed by atoms with van der Waals surface area (Å²) < 4.78 is 1.99. The molecule has 0 saturated heterocycles. The van der Waals surface area contributed by atoms with Gasteiger partial charge in [0.15, 0.2) is 5.96 Å². The minimum absolute atomic E-state index is 0.0939. The third kappa shape index (κ3) is 5.20. The molecule has 0 saturated carbocycles. The van der Waals surface area contributed by atoms with Crippen LogP contribution in [0.3, 0.4) is 0 Å². The van der Waals surface area contributed by atoms with Gasteiger partial charge in [-0.05, 0) is 13.0 Å². The number of hydrogen-bond acceptors (Lipinski definition) is 4. The summed E-state index contributed by atoms with van der Waals surface area (Å²) in [5.74, 6) is 0.657. The Morgan fingerprint density at radius 1 is 1.44 bits per heavy atom. The first-order valence-electron chi connectivity index (χ1n) is 7.83. The first-order valence-corrected chi connectivity index (χ1v) is 9.09. The monoisotopic (exact) mass is 382 g/mol. The molecule has 0 bridgehead atoms. The molecule has 0 aliphatic carbocycles. The molecule has 2 heterocycles. The molecule has 0 atom stereocenters. The number of nitrogens with zero attached hydrogens (tertiary/aromatic N) is 4. The van der Waals surface area contributed by atoms with E-state index in [4.69, 9.17) is 11.6 Å². The summed E-state index contributed by atoms with van der Waals surface area (Å²) in [4.78, 5) is 23.0. The van der Waals surface area contributed by atoms with Crippen molar-refractivity contribution in [2.45, 2.75) is 13.5 Å². The predicted molar refractivity (Wildman–Crippen MR) is 102 cm³/mol. The van der Waals surface area contributed by atoms with Crippen molar-refractivity contribution in [3.05, 3.63) is 39.1 Å². The fourth-order valence-corrected chi connectivity index (χ4v) is 3.37. The molecule has 25 heavy (non-hydrogen) atoms. The van der Waals surface area contributed by atoms with E-state index in [1.165, 1.54) is 11.3 Å². The highest BCUT2D eigenvalue weighted by Crippen LogP contribution is 2.14. The molecule has 7 nitrogen and oxygen atoms in total. The Balaban J connectivity index is 1.79. The number of carbonyl (C=O) groups is 1. The second kappa shape index (κ2) is 8.87. The van der Waals surface area contributed by atoms with E-state index in [-0.39, 0.29) is 5.91 Å². The number of rotatable bonds is 6. The zero-order chi connectivity index (χ0) is 18.4. The van der Waals surface area contributed by atoms with Crippen molar-refractivity contribution in [1.82, 2.24) is 25.1 Å². The Morgan fingerprint density at radius 2 is 2.16 bits per heavy atom. The van der Waals surface area contributed by atoms with Crippen LogP contribution in [0.1, 0.15) is 21.1 Å². The second-order valence-electron chi connectivity index (χ2n) is 5.61. The van der Waals surface area contributed by atoms with Crippen molar-refractivity contribution in [3.8, 4) is 0 Å². The largest absolute Gasteiger partial charge is 0.354 e. The average Bonchev–Trinajstić information content (AvgIpc) is 3.12. The molecule has 136 valence electrons. The van der Waals surface area contributed by atoms with E-state index >= 15 is 0 Å². The number of hydrogen-bond donors (Lipinski definition) is 2. The number of thiazole rings is 1. The highest BCUT2D eigenvalue weighted by molar-refractivity contribution is 7.11. The third-order valence-electron chi connectivity index (χ3n) is 3.69. The summed E-state index contributed by atoms with van der Waals surface area (Å²) >= 11 is 7.37. The topological polar surface area (TPSA) is 74.5 Å². The summed E-state index contributed by atoms with van der Waals surface area (Å²) in [5, 5.41) is 6.84. The highest BCUT2D eigenvalue weighted by atomic mass is 35.5. The maximum absolute atomic E-state index is 12.0. The molecular formula is C16H23ClN6OS. The molecule has 2 N–H and O–H groups in total. The number of aromatic nitrogens is 2. The van der Waals surface area contributed by atoms with Crippen LogP contribution in [0.25, 0.3) is 0 Å². The third-order valence-corrected chi connectivity index (χ3v) is 4.83. The average molecular weight is 383 g/mol. The van der Waals surface area contributed by atoms with Gasteiger partial charge >= 0.3 is 0 Å². The van der Waals surface area contributed by atoms with Crippen molar-refractivity contribution < 1.29 is 4.79 Å². The lowest BCUT2D eigenvalue weighted by atomic mass is 10.4. The van der Waals surface area contributed by atoms with Crippen LogP contribution in [0.5, 0.6) is 0 Å². The summed E-state index contributed by atoms with van der Waals surface area (Å²) in [5.41, 5.74) is 3.52. The molecule has 1 amide bonds. The van der Waals surface area contributed by atoms with Crippen molar-refractivity contribution in [2.75, 3.05) is 27.2 Å². The minimum atomic E-state index is -0.0939. The molecule has 9 heteroatoms. The number of carbonyl (C=O) groups excluding carboxylic acids is 1. The molecule has 0 fully saturated rings. The maximum atomic E-state index is 12.0. The number of guanidine groups is 1. The van der Waals surface area contributed by atoms with Crippen LogP contribution in [-0.4, -0.2) is 53.5 Å². The van der Waals surface area contributed by atoms with Gasteiger partial charge in [-0.25, -0.2) is 4.98 Å². The Morgan fingerprint density at radius 3 is 2.72 bits per heavy atom. The van der Waals surface area contributed by atoms with Gasteiger partial charge in [0.05, 0.1) is 22.8 Å². The van der Waals surface area contributed by atoms with Gasteiger partial charge in [0.25, 0.3) is 5.91 Å². The van der Waals surface area contributed by atoms with Crippen molar-refractivity contribution in [3.63, 3.8) is 0 Å². The van der Waals surface area contributed by atoms with Crippen molar-refractivity contribution in [2.24, 2.45) is 12.0 Å². The summed E-state index contributed by atoms with van der Waals surface area (Å²) in [6.45, 7) is 3.58. The van der Waals surface area contributed by atoms with E-state index in [1.807, 2.05) is 42.7 Å². The molecule has 0 spiro atoms. The molecule has 0 aromatic carbocycles. The minimum Gasteiger partial charge on any atom is -0.354 e.